The molecule has 1 aromatic heterocycles. The number of carbonyl (C=O) groups excluding carboxylic acids is 2. The van der Waals surface area contributed by atoms with Crippen molar-refractivity contribution in [2.24, 2.45) is 0 Å². The quantitative estimate of drug-likeness (QED) is 0.150. The molecule has 1 amide bonds. The van der Waals surface area contributed by atoms with E-state index in [1.807, 2.05) is 37.3 Å². The molecule has 0 unspecified atom stereocenters. The van der Waals surface area contributed by atoms with E-state index < -0.39 is 47.5 Å². The summed E-state index contributed by atoms with van der Waals surface area (Å²) in [6.45, 7) is 3.07. The van der Waals surface area contributed by atoms with Crippen LogP contribution in [-0.4, -0.2) is 23.8 Å². The molecule has 4 aromatic rings. The van der Waals surface area contributed by atoms with Crippen molar-refractivity contribution >= 4 is 17.5 Å². The molecule has 2 heterocycles. The number of amides is 1. The lowest BCUT2D eigenvalue weighted by atomic mass is 9.71. The van der Waals surface area contributed by atoms with Crippen LogP contribution in [0.15, 0.2) is 95.5 Å². The number of aromatic nitrogens is 1. The first-order chi connectivity index (χ1) is 23.0. The average Bonchev–Trinajstić information content (AvgIpc) is 3.08. The van der Waals surface area contributed by atoms with Crippen LogP contribution in [-0.2, 0) is 16.2 Å². The summed E-state index contributed by atoms with van der Waals surface area (Å²) in [6, 6.07) is 18.1. The maximum atomic E-state index is 14.4. The number of methoxy groups -OCH3 is 1. The van der Waals surface area contributed by atoms with Crippen LogP contribution in [0.3, 0.4) is 0 Å². The number of dihydropyridines is 1. The van der Waals surface area contributed by atoms with Gasteiger partial charge in [0.25, 0.3) is 5.91 Å². The van der Waals surface area contributed by atoms with Gasteiger partial charge in [0.05, 0.1) is 7.11 Å². The van der Waals surface area contributed by atoms with Crippen LogP contribution in [0, 0.1) is 30.2 Å². The molecule has 0 fully saturated rings. The first-order valence-electron chi connectivity index (χ1n) is 15.2. The molecule has 0 bridgehead atoms. The van der Waals surface area contributed by atoms with Crippen molar-refractivity contribution in [3.63, 3.8) is 0 Å². The van der Waals surface area contributed by atoms with E-state index >= 15 is 0 Å². The summed E-state index contributed by atoms with van der Waals surface area (Å²) in [7, 11) is 1.37. The van der Waals surface area contributed by atoms with Crippen molar-refractivity contribution in [3.8, 4) is 11.5 Å². The molecular weight excluding hydrogens is 626 g/mol. The van der Waals surface area contributed by atoms with E-state index in [1.54, 1.807) is 43.5 Å². The van der Waals surface area contributed by atoms with Crippen LogP contribution in [0.1, 0.15) is 53.9 Å². The second-order valence-corrected chi connectivity index (χ2v) is 11.8. The second-order valence-electron chi connectivity index (χ2n) is 11.8. The lowest BCUT2D eigenvalue weighted by Gasteiger charge is -2.37. The van der Waals surface area contributed by atoms with Crippen molar-refractivity contribution < 1.29 is 36.6 Å². The Labute approximate surface area is 274 Å². The summed E-state index contributed by atoms with van der Waals surface area (Å²) in [4.78, 5) is 32.3. The molecule has 2 aliphatic rings. The number of halogens is 4. The number of hydrogen-bond acceptors (Lipinski definition) is 6. The van der Waals surface area contributed by atoms with Gasteiger partial charge in [0.2, 0.25) is 11.6 Å². The first-order valence-corrected chi connectivity index (χ1v) is 15.2. The summed E-state index contributed by atoms with van der Waals surface area (Å²) in [6.07, 6.45) is 2.35. The number of nitrogens with zero attached hydrogens (tertiary/aromatic N) is 1. The number of Topliss-reactive ketones (excluding diaryl/α,β-unsaturated/α-hetero) is 1. The molecule has 3 aromatic carbocycles. The van der Waals surface area contributed by atoms with Gasteiger partial charge in [0.1, 0.15) is 18.2 Å². The smallest absolute Gasteiger partial charge is 0.255 e. The van der Waals surface area contributed by atoms with Crippen molar-refractivity contribution in [2.45, 2.75) is 45.1 Å². The van der Waals surface area contributed by atoms with E-state index in [-0.39, 0.29) is 41.1 Å². The predicted molar refractivity (Wildman–Crippen MR) is 170 cm³/mol. The van der Waals surface area contributed by atoms with E-state index in [0.717, 1.165) is 11.1 Å². The van der Waals surface area contributed by atoms with Gasteiger partial charge in [-0.3, -0.25) is 9.59 Å². The number of benzene rings is 3. The van der Waals surface area contributed by atoms with Gasteiger partial charge in [-0.15, -0.1) is 0 Å². The van der Waals surface area contributed by atoms with Crippen LogP contribution >= 0.6 is 0 Å². The van der Waals surface area contributed by atoms with Crippen LogP contribution in [0.2, 0.25) is 0 Å². The number of hydrogen-bond donors (Lipinski definition) is 2. The molecule has 0 radical (unpaired) electrons. The molecule has 48 heavy (non-hydrogen) atoms. The van der Waals surface area contributed by atoms with Gasteiger partial charge in [-0.25, -0.2) is 13.8 Å². The van der Waals surface area contributed by atoms with Crippen molar-refractivity contribution in [1.29, 1.82) is 0 Å². The van der Waals surface area contributed by atoms with Crippen LogP contribution < -0.4 is 20.1 Å². The zero-order valence-corrected chi connectivity index (χ0v) is 26.3. The minimum absolute atomic E-state index is 0.0816. The molecule has 0 saturated carbocycles. The highest BCUT2D eigenvalue weighted by Gasteiger charge is 2.41. The number of aryl methyl sites for hydroxylation is 1. The fourth-order valence-corrected chi connectivity index (χ4v) is 6.28. The number of nitrogens with one attached hydrogen (secondary N) is 2. The molecule has 1 aliphatic carbocycles. The molecule has 2 atom stereocenters. The summed E-state index contributed by atoms with van der Waals surface area (Å²) in [5.41, 5.74) is 4.55. The van der Waals surface area contributed by atoms with Crippen molar-refractivity contribution in [2.75, 3.05) is 12.4 Å². The Balaban J connectivity index is 1.42. The van der Waals surface area contributed by atoms with Crippen molar-refractivity contribution in [3.05, 3.63) is 141 Å². The highest BCUT2D eigenvalue weighted by molar-refractivity contribution is 6.09. The zero-order valence-electron chi connectivity index (χ0n) is 26.3. The third-order valence-electron chi connectivity index (χ3n) is 8.58. The molecule has 1 aliphatic heterocycles. The number of ether oxygens (including phenoxy) is 2. The Kier molecular flexibility index (Phi) is 9.03. The lowest BCUT2D eigenvalue weighted by Crippen LogP contribution is -2.37. The molecule has 11 heteroatoms. The number of carbonyl (C=O) groups is 2. The van der Waals surface area contributed by atoms with Crippen LogP contribution in [0.4, 0.5) is 23.4 Å². The van der Waals surface area contributed by atoms with Gasteiger partial charge < -0.3 is 20.1 Å². The lowest BCUT2D eigenvalue weighted by molar-refractivity contribution is -0.116. The van der Waals surface area contributed by atoms with Gasteiger partial charge in [0.15, 0.2) is 23.2 Å². The Morgan fingerprint density at radius 1 is 0.938 bits per heavy atom. The second kappa shape index (κ2) is 13.3. The monoisotopic (exact) mass is 657 g/mol. The topological polar surface area (TPSA) is 89.5 Å². The highest BCUT2D eigenvalue weighted by atomic mass is 19.2. The fourth-order valence-electron chi connectivity index (χ4n) is 6.28. The Hall–Kier alpha value is -5.45. The maximum Gasteiger partial charge on any atom is 0.255 e. The summed E-state index contributed by atoms with van der Waals surface area (Å²) in [5, 5.41) is 6.17. The summed E-state index contributed by atoms with van der Waals surface area (Å²) < 4.78 is 67.3. The van der Waals surface area contributed by atoms with Crippen LogP contribution in [0.5, 0.6) is 11.5 Å². The molecule has 6 rings (SSSR count). The van der Waals surface area contributed by atoms with Crippen LogP contribution in [0.25, 0.3) is 0 Å². The molecule has 0 spiro atoms. The number of anilines is 1. The molecule has 7 nitrogen and oxygen atoms in total. The first kappa shape index (κ1) is 32.5. The predicted octanol–water partition coefficient (Wildman–Crippen LogP) is 7.53. The molecule has 0 saturated heterocycles. The van der Waals surface area contributed by atoms with Gasteiger partial charge in [-0.05, 0) is 61.1 Å². The van der Waals surface area contributed by atoms with E-state index in [4.69, 9.17) is 9.47 Å². The molecular formula is C37H31F4N3O4. The SMILES string of the molecule is COc1ccc([C@@H]2C(C(=O)Nc3ccc(C)cn3)=C(C)NC3=C2C(=O)C[C@@H](c2ccccc2)C3)cc1COc1c(F)c(F)cc(F)c1F. The number of ketones is 1. The van der Waals surface area contributed by atoms with Gasteiger partial charge in [-0.2, -0.15) is 8.78 Å². The summed E-state index contributed by atoms with van der Waals surface area (Å²) in [5.74, 6) is -8.82. The van der Waals surface area contributed by atoms with E-state index in [9.17, 15) is 27.2 Å². The number of rotatable bonds is 8. The zero-order chi connectivity index (χ0) is 34.1. The normalized spacial score (nSPS) is 17.5. The third-order valence-corrected chi connectivity index (χ3v) is 8.58. The molecule has 246 valence electrons. The van der Waals surface area contributed by atoms with Gasteiger partial charge in [0, 0.05) is 52.7 Å². The van der Waals surface area contributed by atoms with Crippen molar-refractivity contribution in [1.82, 2.24) is 10.3 Å². The van der Waals surface area contributed by atoms with E-state index in [2.05, 4.69) is 15.6 Å². The standard InChI is InChI=1S/C37H31F4N3O4/c1-19-9-12-30(42-17-19)44-37(46)31-20(2)43-27-14-23(21-7-5-4-6-8-21)15-28(45)33(27)32(31)22-10-11-29(47-3)24(13-22)18-48-36-34(40)25(38)16-26(39)35(36)41/h4-13,16-17,23,32,43H,14-15,18H2,1-3H3,(H,42,44,46)/t23-,32+/m0/s1. The Morgan fingerprint density at radius 3 is 2.33 bits per heavy atom. The number of allylic oxidation sites excluding steroid dienone is 3. The number of pyridine rings is 1. The molecule has 2 N–H and O–H groups in total. The van der Waals surface area contributed by atoms with E-state index in [1.165, 1.54) is 7.11 Å². The highest BCUT2D eigenvalue weighted by Crippen LogP contribution is 2.46. The summed E-state index contributed by atoms with van der Waals surface area (Å²) >= 11 is 0. The average molecular weight is 658 g/mol. The Morgan fingerprint density at radius 2 is 1.67 bits per heavy atom. The minimum Gasteiger partial charge on any atom is -0.496 e. The Bertz CT molecular complexity index is 1950. The van der Waals surface area contributed by atoms with Gasteiger partial charge in [-0.1, -0.05) is 42.5 Å². The van der Waals surface area contributed by atoms with E-state index in [0.29, 0.717) is 34.8 Å². The van der Waals surface area contributed by atoms with Gasteiger partial charge >= 0.3 is 0 Å². The maximum absolute atomic E-state index is 14.4. The minimum atomic E-state index is -1.68. The largest absolute Gasteiger partial charge is 0.496 e. The third kappa shape index (κ3) is 6.27. The fraction of sp³-hybridized carbons (Fsp3) is 0.216.